The molecule has 0 radical (unpaired) electrons. The number of hydrogen-bond donors (Lipinski definition) is 1. The number of anilines is 1. The minimum atomic E-state index is -0.218. The van der Waals surface area contributed by atoms with Crippen LogP contribution in [-0.2, 0) is 0 Å². The molecule has 2 heterocycles. The van der Waals surface area contributed by atoms with Crippen LogP contribution < -0.4 is 15.0 Å². The van der Waals surface area contributed by atoms with E-state index in [1.807, 2.05) is 36.4 Å². The van der Waals surface area contributed by atoms with Gasteiger partial charge in [-0.3, -0.25) is 9.69 Å². The number of aromatic nitrogens is 2. The molecule has 0 unspecified atom stereocenters. The molecule has 0 spiro atoms. The van der Waals surface area contributed by atoms with Crippen LogP contribution in [0.15, 0.2) is 66.9 Å². The van der Waals surface area contributed by atoms with Crippen molar-refractivity contribution in [2.24, 2.45) is 0 Å². The van der Waals surface area contributed by atoms with Gasteiger partial charge in [-0.15, -0.1) is 0 Å². The van der Waals surface area contributed by atoms with Crippen LogP contribution in [0.1, 0.15) is 10.5 Å². The molecule has 7 heteroatoms. The Kier molecular flexibility index (Phi) is 6.29. The van der Waals surface area contributed by atoms with E-state index in [0.717, 1.165) is 38.4 Å². The number of hydrogen-bond acceptors (Lipinski definition) is 5. The van der Waals surface area contributed by atoms with Gasteiger partial charge in [0, 0.05) is 45.0 Å². The molecule has 4 rings (SSSR count). The van der Waals surface area contributed by atoms with E-state index in [2.05, 4.69) is 44.5 Å². The molecule has 1 aliphatic heterocycles. The van der Waals surface area contributed by atoms with E-state index >= 15 is 0 Å². The quantitative estimate of drug-likeness (QED) is 0.654. The fourth-order valence-corrected chi connectivity index (χ4v) is 3.66. The van der Waals surface area contributed by atoms with E-state index < -0.39 is 0 Å². The fraction of sp³-hybridized carbons (Fsp3) is 0.304. The van der Waals surface area contributed by atoms with Gasteiger partial charge in [0.25, 0.3) is 5.91 Å². The van der Waals surface area contributed by atoms with Crippen LogP contribution in [0.4, 0.5) is 5.69 Å². The number of piperazine rings is 1. The third-order valence-corrected chi connectivity index (χ3v) is 5.34. The lowest BCUT2D eigenvalue weighted by molar-refractivity contribution is 0.0939. The smallest absolute Gasteiger partial charge is 0.275 e. The molecule has 1 saturated heterocycles. The second-order valence-electron chi connectivity index (χ2n) is 7.25. The largest absolute Gasteiger partial charge is 0.493 e. The summed E-state index contributed by atoms with van der Waals surface area (Å²) in [6.07, 6.45) is 1.73. The summed E-state index contributed by atoms with van der Waals surface area (Å²) in [5.41, 5.74) is 2.45. The van der Waals surface area contributed by atoms with Gasteiger partial charge in [-0.05, 0) is 24.3 Å². The maximum atomic E-state index is 12.7. The lowest BCUT2D eigenvalue weighted by Gasteiger charge is -2.36. The number of nitrogens with one attached hydrogen (secondary N) is 1. The third-order valence-electron chi connectivity index (χ3n) is 5.34. The van der Waals surface area contributed by atoms with Crippen molar-refractivity contribution in [3.8, 4) is 11.4 Å². The van der Waals surface area contributed by atoms with Crippen LogP contribution in [-0.4, -0.2) is 67.0 Å². The van der Waals surface area contributed by atoms with Crippen LogP contribution in [0.2, 0.25) is 0 Å². The summed E-state index contributed by atoms with van der Waals surface area (Å²) in [7, 11) is 1.55. The van der Waals surface area contributed by atoms with Gasteiger partial charge < -0.3 is 15.0 Å². The van der Waals surface area contributed by atoms with Gasteiger partial charge in [0.15, 0.2) is 11.4 Å². The van der Waals surface area contributed by atoms with Gasteiger partial charge in [-0.1, -0.05) is 36.4 Å². The van der Waals surface area contributed by atoms with E-state index in [1.54, 1.807) is 18.0 Å². The first-order chi connectivity index (χ1) is 14.7. The molecular weight excluding hydrogens is 378 g/mol. The minimum Gasteiger partial charge on any atom is -0.493 e. The van der Waals surface area contributed by atoms with Gasteiger partial charge in [0.05, 0.1) is 19.0 Å². The van der Waals surface area contributed by atoms with Gasteiger partial charge >= 0.3 is 0 Å². The maximum absolute atomic E-state index is 12.7. The molecule has 7 nitrogen and oxygen atoms in total. The van der Waals surface area contributed by atoms with Gasteiger partial charge in [0.1, 0.15) is 0 Å². The highest BCUT2D eigenvalue weighted by molar-refractivity contribution is 5.94. The van der Waals surface area contributed by atoms with E-state index in [0.29, 0.717) is 18.0 Å². The SMILES string of the molecule is COc1cn(-c2ccccc2)nc1C(=O)NCCN1CCN(c2ccccc2)CC1. The zero-order valence-corrected chi connectivity index (χ0v) is 17.2. The Balaban J connectivity index is 1.28. The zero-order valence-electron chi connectivity index (χ0n) is 17.2. The summed E-state index contributed by atoms with van der Waals surface area (Å²) in [6.45, 7) is 5.34. The zero-order chi connectivity index (χ0) is 20.8. The molecule has 0 bridgehead atoms. The number of para-hydroxylation sites is 2. The summed E-state index contributed by atoms with van der Waals surface area (Å²) in [5, 5.41) is 7.40. The van der Waals surface area contributed by atoms with E-state index in [4.69, 9.17) is 4.74 Å². The molecule has 1 amide bonds. The summed E-state index contributed by atoms with van der Waals surface area (Å²) < 4.78 is 7.02. The summed E-state index contributed by atoms with van der Waals surface area (Å²) in [5.74, 6) is 0.247. The molecule has 1 aromatic heterocycles. The highest BCUT2D eigenvalue weighted by Crippen LogP contribution is 2.19. The minimum absolute atomic E-state index is 0.218. The summed E-state index contributed by atoms with van der Waals surface area (Å²) >= 11 is 0. The Morgan fingerprint density at radius 1 is 0.967 bits per heavy atom. The average Bonchev–Trinajstić information content (AvgIpc) is 3.25. The Bertz CT molecular complexity index is 950. The Morgan fingerprint density at radius 2 is 1.60 bits per heavy atom. The predicted molar refractivity (Wildman–Crippen MR) is 118 cm³/mol. The predicted octanol–water partition coefficient (Wildman–Crippen LogP) is 2.43. The second-order valence-corrected chi connectivity index (χ2v) is 7.25. The van der Waals surface area contributed by atoms with Crippen molar-refractivity contribution < 1.29 is 9.53 Å². The number of benzene rings is 2. The molecule has 0 saturated carbocycles. The van der Waals surface area contributed by atoms with Crippen molar-refractivity contribution in [3.05, 3.63) is 72.6 Å². The first-order valence-corrected chi connectivity index (χ1v) is 10.2. The molecule has 0 atom stereocenters. The summed E-state index contributed by atoms with van der Waals surface area (Å²) in [4.78, 5) is 17.4. The van der Waals surface area contributed by atoms with Gasteiger partial charge in [-0.2, -0.15) is 5.10 Å². The van der Waals surface area contributed by atoms with Crippen LogP contribution in [0.5, 0.6) is 5.75 Å². The number of nitrogens with zero attached hydrogens (tertiary/aromatic N) is 4. The third kappa shape index (κ3) is 4.63. The number of methoxy groups -OCH3 is 1. The van der Waals surface area contributed by atoms with Crippen molar-refractivity contribution >= 4 is 11.6 Å². The highest BCUT2D eigenvalue weighted by atomic mass is 16.5. The molecule has 1 fully saturated rings. The van der Waals surface area contributed by atoms with Gasteiger partial charge in [-0.25, -0.2) is 4.68 Å². The van der Waals surface area contributed by atoms with Crippen molar-refractivity contribution in [3.63, 3.8) is 0 Å². The first-order valence-electron chi connectivity index (χ1n) is 10.2. The number of carbonyl (C=O) groups excluding carboxylic acids is 1. The Labute approximate surface area is 176 Å². The first kappa shape index (κ1) is 20.0. The molecular formula is C23H27N5O2. The standard InChI is InChI=1S/C23H27N5O2/c1-30-21-18-28(20-10-6-3-7-11-20)25-22(21)23(29)24-12-13-26-14-16-27(17-15-26)19-8-4-2-5-9-19/h2-11,18H,12-17H2,1H3,(H,24,29). The van der Waals surface area contributed by atoms with Crippen LogP contribution in [0.3, 0.4) is 0 Å². The molecule has 1 aliphatic rings. The number of rotatable bonds is 7. The molecule has 2 aromatic carbocycles. The van der Waals surface area contributed by atoms with Gasteiger partial charge in [0.2, 0.25) is 0 Å². The van der Waals surface area contributed by atoms with E-state index in [9.17, 15) is 4.79 Å². The van der Waals surface area contributed by atoms with Crippen molar-refractivity contribution in [1.29, 1.82) is 0 Å². The molecule has 1 N–H and O–H groups in total. The van der Waals surface area contributed by atoms with E-state index in [1.165, 1.54) is 5.69 Å². The lowest BCUT2D eigenvalue weighted by Crippen LogP contribution is -2.48. The van der Waals surface area contributed by atoms with Crippen LogP contribution in [0.25, 0.3) is 5.69 Å². The maximum Gasteiger partial charge on any atom is 0.275 e. The Morgan fingerprint density at radius 3 is 2.23 bits per heavy atom. The summed E-state index contributed by atoms with van der Waals surface area (Å²) in [6, 6.07) is 20.2. The van der Waals surface area contributed by atoms with Crippen LogP contribution >= 0.6 is 0 Å². The second kappa shape index (κ2) is 9.45. The highest BCUT2D eigenvalue weighted by Gasteiger charge is 2.20. The molecule has 0 aliphatic carbocycles. The van der Waals surface area contributed by atoms with Crippen molar-refractivity contribution in [2.75, 3.05) is 51.3 Å². The number of carbonyl (C=O) groups is 1. The monoisotopic (exact) mass is 405 g/mol. The normalized spacial score (nSPS) is 14.5. The molecule has 30 heavy (non-hydrogen) atoms. The number of ether oxygens (including phenoxy) is 1. The van der Waals surface area contributed by atoms with E-state index in [-0.39, 0.29) is 5.91 Å². The molecule has 156 valence electrons. The number of amides is 1. The van der Waals surface area contributed by atoms with Crippen LogP contribution in [0, 0.1) is 0 Å². The lowest BCUT2D eigenvalue weighted by atomic mass is 10.2. The Hall–Kier alpha value is -3.32. The molecule has 3 aromatic rings. The van der Waals surface area contributed by atoms with Crippen molar-refractivity contribution in [1.82, 2.24) is 20.0 Å². The average molecular weight is 406 g/mol. The van der Waals surface area contributed by atoms with Crippen molar-refractivity contribution in [2.45, 2.75) is 0 Å². The fourth-order valence-electron chi connectivity index (χ4n) is 3.66. The topological polar surface area (TPSA) is 62.6 Å².